The van der Waals surface area contributed by atoms with E-state index >= 15 is 0 Å². The van der Waals surface area contributed by atoms with E-state index in [1.54, 1.807) is 0 Å². The van der Waals surface area contributed by atoms with Gasteiger partial charge in [0.15, 0.2) is 0 Å². The van der Waals surface area contributed by atoms with Gasteiger partial charge in [-0.3, -0.25) is 4.79 Å². The predicted octanol–water partition coefficient (Wildman–Crippen LogP) is 4.02. The Morgan fingerprint density at radius 1 is 1.09 bits per heavy atom. The summed E-state index contributed by atoms with van der Waals surface area (Å²) in [7, 11) is 0. The molecule has 2 aromatic rings. The molecule has 0 aromatic heterocycles. The van der Waals surface area contributed by atoms with Crippen LogP contribution in [0.3, 0.4) is 0 Å². The minimum absolute atomic E-state index is 0.0916. The molecule has 2 rings (SSSR count). The maximum atomic E-state index is 12.2. The number of benzene rings is 2. The molecule has 0 aliphatic heterocycles. The number of hydrogen-bond acceptors (Lipinski definition) is 2. The van der Waals surface area contributed by atoms with E-state index in [0.717, 1.165) is 22.4 Å². The molecule has 0 saturated carbocycles. The molecule has 0 aliphatic rings. The molecular formula is C20H24N2O. The van der Waals surface area contributed by atoms with Gasteiger partial charge in [-0.25, -0.2) is 5.43 Å². The number of nitrogens with zero attached hydrogens (tertiary/aromatic N) is 1. The van der Waals surface area contributed by atoms with Crippen LogP contribution in [-0.2, 0) is 11.2 Å². The number of amides is 1. The van der Waals surface area contributed by atoms with Crippen LogP contribution in [0.2, 0.25) is 0 Å². The smallest absolute Gasteiger partial charge is 0.244 e. The number of nitrogens with one attached hydrogen (secondary N) is 1. The van der Waals surface area contributed by atoms with Gasteiger partial charge >= 0.3 is 0 Å². The number of aryl methyl sites for hydroxylation is 2. The van der Waals surface area contributed by atoms with E-state index in [4.69, 9.17) is 0 Å². The summed E-state index contributed by atoms with van der Waals surface area (Å²) < 4.78 is 0. The molecule has 0 bridgehead atoms. The summed E-state index contributed by atoms with van der Waals surface area (Å²) in [6, 6.07) is 16.1. The first-order valence-corrected chi connectivity index (χ1v) is 7.95. The molecule has 0 fully saturated rings. The van der Waals surface area contributed by atoms with Gasteiger partial charge in [0.05, 0.1) is 12.1 Å². The molecule has 23 heavy (non-hydrogen) atoms. The van der Waals surface area contributed by atoms with Crippen molar-refractivity contribution in [3.05, 3.63) is 70.8 Å². The lowest BCUT2D eigenvalue weighted by Gasteiger charge is -2.11. The van der Waals surface area contributed by atoms with Gasteiger partial charge in [0.1, 0.15) is 0 Å². The van der Waals surface area contributed by atoms with Gasteiger partial charge in [-0.2, -0.15) is 5.10 Å². The zero-order valence-corrected chi connectivity index (χ0v) is 14.3. The largest absolute Gasteiger partial charge is 0.273 e. The summed E-state index contributed by atoms with van der Waals surface area (Å²) >= 11 is 0. The quantitative estimate of drug-likeness (QED) is 0.658. The highest BCUT2D eigenvalue weighted by molar-refractivity contribution is 6.02. The van der Waals surface area contributed by atoms with E-state index in [0.29, 0.717) is 6.42 Å². The Morgan fingerprint density at radius 3 is 2.39 bits per heavy atom. The molecular weight excluding hydrogens is 284 g/mol. The fraction of sp³-hybridized carbons (Fsp3) is 0.300. The van der Waals surface area contributed by atoms with Crippen molar-refractivity contribution < 1.29 is 4.79 Å². The Morgan fingerprint density at radius 2 is 1.78 bits per heavy atom. The van der Waals surface area contributed by atoms with E-state index in [1.165, 1.54) is 5.56 Å². The highest BCUT2D eigenvalue weighted by atomic mass is 16.2. The molecule has 0 atom stereocenters. The van der Waals surface area contributed by atoms with Crippen molar-refractivity contribution in [2.75, 3.05) is 0 Å². The van der Waals surface area contributed by atoms with E-state index in [9.17, 15) is 4.79 Å². The Hall–Kier alpha value is -2.42. The van der Waals surface area contributed by atoms with E-state index in [2.05, 4.69) is 37.4 Å². The summed E-state index contributed by atoms with van der Waals surface area (Å²) in [6.07, 6.45) is 0.343. The van der Waals surface area contributed by atoms with Crippen LogP contribution in [0.5, 0.6) is 0 Å². The maximum absolute atomic E-state index is 12.2. The van der Waals surface area contributed by atoms with Crippen LogP contribution in [0.25, 0.3) is 0 Å². The molecule has 3 nitrogen and oxygen atoms in total. The average molecular weight is 308 g/mol. The summed E-state index contributed by atoms with van der Waals surface area (Å²) in [5.74, 6) is 0.143. The van der Waals surface area contributed by atoms with Crippen molar-refractivity contribution in [1.82, 2.24) is 5.43 Å². The first kappa shape index (κ1) is 16.9. The molecule has 1 amide bonds. The van der Waals surface area contributed by atoms with Crippen LogP contribution in [0.15, 0.2) is 53.6 Å². The summed E-state index contributed by atoms with van der Waals surface area (Å²) in [5.41, 5.74) is 8.00. The summed E-state index contributed by atoms with van der Waals surface area (Å²) in [4.78, 5) is 12.2. The van der Waals surface area contributed by atoms with Gasteiger partial charge in [-0.15, -0.1) is 0 Å². The lowest BCUT2D eigenvalue weighted by molar-refractivity contribution is -0.120. The van der Waals surface area contributed by atoms with Gasteiger partial charge in [0.25, 0.3) is 0 Å². The minimum atomic E-state index is -0.0916. The third-order valence-corrected chi connectivity index (χ3v) is 3.77. The van der Waals surface area contributed by atoms with E-state index in [1.807, 2.05) is 49.4 Å². The van der Waals surface area contributed by atoms with Crippen LogP contribution in [0, 0.1) is 19.8 Å². The third kappa shape index (κ3) is 4.78. The van der Waals surface area contributed by atoms with Crippen LogP contribution in [0.1, 0.15) is 36.1 Å². The van der Waals surface area contributed by atoms with Crippen molar-refractivity contribution >= 4 is 11.6 Å². The third-order valence-electron chi connectivity index (χ3n) is 3.77. The van der Waals surface area contributed by atoms with Gasteiger partial charge in [-0.05, 0) is 36.5 Å². The molecule has 0 unspecified atom stereocenters. The topological polar surface area (TPSA) is 41.5 Å². The van der Waals surface area contributed by atoms with Gasteiger partial charge < -0.3 is 0 Å². The van der Waals surface area contributed by atoms with Crippen molar-refractivity contribution in [2.45, 2.75) is 34.1 Å². The number of carbonyl (C=O) groups is 1. The normalized spacial score (nSPS) is 11.6. The number of rotatable bonds is 5. The zero-order valence-electron chi connectivity index (χ0n) is 14.3. The van der Waals surface area contributed by atoms with Crippen LogP contribution < -0.4 is 5.43 Å². The van der Waals surface area contributed by atoms with E-state index in [-0.39, 0.29) is 11.8 Å². The Balaban J connectivity index is 2.09. The highest BCUT2D eigenvalue weighted by Gasteiger charge is 2.10. The molecule has 0 heterocycles. The summed E-state index contributed by atoms with van der Waals surface area (Å²) in [5, 5.41) is 4.35. The van der Waals surface area contributed by atoms with E-state index < -0.39 is 0 Å². The second-order valence-corrected chi connectivity index (χ2v) is 6.16. The zero-order chi connectivity index (χ0) is 16.8. The number of hydrogen-bond donors (Lipinski definition) is 1. The van der Waals surface area contributed by atoms with Crippen LogP contribution in [-0.4, -0.2) is 11.6 Å². The lowest BCUT2D eigenvalue weighted by atomic mass is 10.0. The second-order valence-electron chi connectivity index (χ2n) is 6.16. The predicted molar refractivity (Wildman–Crippen MR) is 95.6 cm³/mol. The maximum Gasteiger partial charge on any atom is 0.244 e. The summed E-state index contributed by atoms with van der Waals surface area (Å²) in [6.45, 7) is 8.22. The molecule has 3 heteroatoms. The van der Waals surface area contributed by atoms with Gasteiger partial charge in [-0.1, -0.05) is 67.9 Å². The fourth-order valence-electron chi connectivity index (χ4n) is 2.52. The molecule has 120 valence electrons. The van der Waals surface area contributed by atoms with Crippen molar-refractivity contribution in [3.63, 3.8) is 0 Å². The lowest BCUT2D eigenvalue weighted by Crippen LogP contribution is -2.24. The molecule has 0 aliphatic carbocycles. The monoisotopic (exact) mass is 308 g/mol. The fourth-order valence-corrected chi connectivity index (χ4v) is 2.52. The Bertz CT molecular complexity index is 703. The SMILES string of the molecule is Cc1ccc(CC(=O)N/N=C(/c2ccccc2)C(C)C)c(C)c1. The Labute approximate surface area is 138 Å². The van der Waals surface area contributed by atoms with Crippen molar-refractivity contribution in [3.8, 4) is 0 Å². The molecule has 2 aromatic carbocycles. The standard InChI is InChI=1S/C20H24N2O/c1-14(2)20(17-8-6-5-7-9-17)22-21-19(23)13-18-11-10-15(3)12-16(18)4/h5-12,14H,13H2,1-4H3,(H,21,23)/b22-20+. The molecule has 0 saturated heterocycles. The van der Waals surface area contributed by atoms with Crippen LogP contribution in [0.4, 0.5) is 0 Å². The first-order valence-electron chi connectivity index (χ1n) is 7.95. The molecule has 0 radical (unpaired) electrons. The number of hydrazone groups is 1. The van der Waals surface area contributed by atoms with Gasteiger partial charge in [0.2, 0.25) is 5.91 Å². The Kier molecular flexibility index (Phi) is 5.69. The highest BCUT2D eigenvalue weighted by Crippen LogP contribution is 2.12. The van der Waals surface area contributed by atoms with Crippen molar-refractivity contribution in [2.24, 2.45) is 11.0 Å². The first-order chi connectivity index (χ1) is 11.0. The van der Waals surface area contributed by atoms with Crippen LogP contribution >= 0.6 is 0 Å². The number of carbonyl (C=O) groups excluding carboxylic acids is 1. The average Bonchev–Trinajstić information content (AvgIpc) is 2.51. The second kappa shape index (κ2) is 7.73. The minimum Gasteiger partial charge on any atom is -0.273 e. The van der Waals surface area contributed by atoms with Gasteiger partial charge in [0, 0.05) is 0 Å². The van der Waals surface area contributed by atoms with Crippen molar-refractivity contribution in [1.29, 1.82) is 0 Å². The molecule has 0 spiro atoms. The molecule has 1 N–H and O–H groups in total.